The van der Waals surface area contributed by atoms with Gasteiger partial charge in [0.25, 0.3) is 0 Å². The quantitative estimate of drug-likeness (QED) is 0.517. The summed E-state index contributed by atoms with van der Waals surface area (Å²) in [6.07, 6.45) is 4.94. The summed E-state index contributed by atoms with van der Waals surface area (Å²) in [5.74, 6) is 1.55. The van der Waals surface area contributed by atoms with Crippen molar-refractivity contribution in [2.45, 2.75) is 39.8 Å². The van der Waals surface area contributed by atoms with Gasteiger partial charge in [0.2, 0.25) is 0 Å². The summed E-state index contributed by atoms with van der Waals surface area (Å²) < 4.78 is 7.42. The third-order valence-electron chi connectivity index (χ3n) is 4.30. The van der Waals surface area contributed by atoms with E-state index in [2.05, 4.69) is 41.4 Å². The maximum atomic E-state index is 5.50. The molecule has 1 aromatic rings. The molecule has 1 aromatic heterocycles. The Morgan fingerprint density at radius 1 is 1.28 bits per heavy atom. The first-order chi connectivity index (χ1) is 12.2. The number of ether oxygens (including phenoxy) is 1. The molecule has 0 bridgehead atoms. The van der Waals surface area contributed by atoms with Gasteiger partial charge in [0, 0.05) is 44.6 Å². The van der Waals surface area contributed by atoms with Gasteiger partial charge in [0.1, 0.15) is 0 Å². The number of hydrogen-bond donors (Lipinski definition) is 2. The Bertz CT molecular complexity index is 482. The summed E-state index contributed by atoms with van der Waals surface area (Å²) in [5.41, 5.74) is 0. The normalized spacial score (nSPS) is 17.7. The number of nitrogens with one attached hydrogen (secondary N) is 2. The molecule has 1 saturated heterocycles. The van der Waals surface area contributed by atoms with Crippen LogP contribution >= 0.6 is 0 Å². The number of guanidine groups is 1. The van der Waals surface area contributed by atoms with Gasteiger partial charge in [-0.25, -0.2) is 0 Å². The maximum Gasteiger partial charge on any atom is 0.191 e. The molecule has 2 rings (SSSR count). The molecule has 0 aromatic carbocycles. The molecular formula is C18H34N6O. The van der Waals surface area contributed by atoms with Crippen LogP contribution in [0.5, 0.6) is 0 Å². The lowest BCUT2D eigenvalue weighted by Crippen LogP contribution is -2.46. The van der Waals surface area contributed by atoms with Crippen LogP contribution in [0.25, 0.3) is 0 Å². The van der Waals surface area contributed by atoms with Crippen molar-refractivity contribution < 1.29 is 4.74 Å². The van der Waals surface area contributed by atoms with Crippen LogP contribution in [0.4, 0.5) is 0 Å². The van der Waals surface area contributed by atoms with E-state index in [0.29, 0.717) is 12.0 Å². The van der Waals surface area contributed by atoms with E-state index in [9.17, 15) is 0 Å². The monoisotopic (exact) mass is 350 g/mol. The second-order valence-corrected chi connectivity index (χ2v) is 6.85. The van der Waals surface area contributed by atoms with Crippen LogP contribution in [0, 0.1) is 5.92 Å². The van der Waals surface area contributed by atoms with Crippen LogP contribution in [-0.4, -0.2) is 72.6 Å². The summed E-state index contributed by atoms with van der Waals surface area (Å²) in [6.45, 7) is 13.7. The molecule has 0 amide bonds. The first-order valence-electron chi connectivity index (χ1n) is 9.50. The molecule has 0 spiro atoms. The standard InChI is InChI=1S/C18H34N6O/c1-4-19-18(20-7-9-24-8-5-6-22-24)21-15-17(14-16(2)3)23-10-12-25-13-11-23/h5-6,8,16-17H,4,7,9-15H2,1-3H3,(H2,19,20,21). The summed E-state index contributed by atoms with van der Waals surface area (Å²) >= 11 is 0. The van der Waals surface area contributed by atoms with Crippen LogP contribution in [0.3, 0.4) is 0 Å². The molecule has 1 atom stereocenters. The van der Waals surface area contributed by atoms with Crippen molar-refractivity contribution in [2.24, 2.45) is 10.9 Å². The molecule has 142 valence electrons. The highest BCUT2D eigenvalue weighted by molar-refractivity contribution is 5.79. The second kappa shape index (κ2) is 11.1. The summed E-state index contributed by atoms with van der Waals surface area (Å²) in [4.78, 5) is 7.37. The van der Waals surface area contributed by atoms with Gasteiger partial charge in [0.15, 0.2) is 5.96 Å². The highest BCUT2D eigenvalue weighted by Gasteiger charge is 2.21. The minimum Gasteiger partial charge on any atom is -0.379 e. The lowest BCUT2D eigenvalue weighted by atomic mass is 10.0. The lowest BCUT2D eigenvalue weighted by Gasteiger charge is -2.34. The van der Waals surface area contributed by atoms with Gasteiger partial charge in [-0.15, -0.1) is 0 Å². The van der Waals surface area contributed by atoms with Gasteiger partial charge < -0.3 is 15.4 Å². The predicted molar refractivity (Wildman–Crippen MR) is 102 cm³/mol. The Balaban J connectivity index is 1.87. The zero-order chi connectivity index (χ0) is 17.9. The molecule has 1 unspecified atom stereocenters. The molecule has 1 aliphatic heterocycles. The van der Waals surface area contributed by atoms with Gasteiger partial charge >= 0.3 is 0 Å². The van der Waals surface area contributed by atoms with Crippen molar-refractivity contribution in [3.63, 3.8) is 0 Å². The first-order valence-corrected chi connectivity index (χ1v) is 9.50. The average Bonchev–Trinajstić information content (AvgIpc) is 3.12. The fourth-order valence-electron chi connectivity index (χ4n) is 3.09. The van der Waals surface area contributed by atoms with Crippen LogP contribution < -0.4 is 10.6 Å². The van der Waals surface area contributed by atoms with Crippen LogP contribution in [0.1, 0.15) is 27.2 Å². The van der Waals surface area contributed by atoms with Crippen molar-refractivity contribution in [1.29, 1.82) is 0 Å². The molecule has 0 aliphatic carbocycles. The average molecular weight is 351 g/mol. The number of morpholine rings is 1. The highest BCUT2D eigenvalue weighted by atomic mass is 16.5. The van der Waals surface area contributed by atoms with Crippen molar-refractivity contribution in [1.82, 2.24) is 25.3 Å². The molecule has 0 radical (unpaired) electrons. The topological polar surface area (TPSA) is 66.7 Å². The largest absolute Gasteiger partial charge is 0.379 e. The smallest absolute Gasteiger partial charge is 0.191 e. The molecule has 7 nitrogen and oxygen atoms in total. The molecule has 2 heterocycles. The van der Waals surface area contributed by atoms with E-state index >= 15 is 0 Å². The highest BCUT2D eigenvalue weighted by Crippen LogP contribution is 2.14. The predicted octanol–water partition coefficient (Wildman–Crippen LogP) is 1.19. The fourth-order valence-corrected chi connectivity index (χ4v) is 3.09. The minimum atomic E-state index is 0.477. The Morgan fingerprint density at radius 3 is 2.72 bits per heavy atom. The second-order valence-electron chi connectivity index (χ2n) is 6.85. The molecule has 7 heteroatoms. The molecule has 2 N–H and O–H groups in total. The van der Waals surface area contributed by atoms with Gasteiger partial charge in [0.05, 0.1) is 26.3 Å². The van der Waals surface area contributed by atoms with E-state index in [4.69, 9.17) is 9.73 Å². The lowest BCUT2D eigenvalue weighted by molar-refractivity contribution is 0.0143. The summed E-state index contributed by atoms with van der Waals surface area (Å²) in [5, 5.41) is 11.0. The molecular weight excluding hydrogens is 316 g/mol. The molecule has 1 aliphatic rings. The Morgan fingerprint density at radius 2 is 2.08 bits per heavy atom. The van der Waals surface area contributed by atoms with Crippen LogP contribution in [-0.2, 0) is 11.3 Å². The molecule has 0 saturated carbocycles. The third kappa shape index (κ3) is 7.44. The van der Waals surface area contributed by atoms with Crippen molar-refractivity contribution in [2.75, 3.05) is 45.9 Å². The zero-order valence-corrected chi connectivity index (χ0v) is 15.9. The van der Waals surface area contributed by atoms with E-state index in [-0.39, 0.29) is 0 Å². The Hall–Kier alpha value is -1.60. The number of aliphatic imine (C=N–C) groups is 1. The number of aromatic nitrogens is 2. The van der Waals surface area contributed by atoms with E-state index in [1.807, 2.05) is 16.9 Å². The van der Waals surface area contributed by atoms with Crippen molar-refractivity contribution in [3.05, 3.63) is 18.5 Å². The summed E-state index contributed by atoms with van der Waals surface area (Å²) in [7, 11) is 0. The van der Waals surface area contributed by atoms with E-state index in [1.165, 1.54) is 0 Å². The van der Waals surface area contributed by atoms with Crippen molar-refractivity contribution >= 4 is 5.96 Å². The number of hydrogen-bond acceptors (Lipinski definition) is 4. The fraction of sp³-hybridized carbons (Fsp3) is 0.778. The Labute approximate surface area is 151 Å². The minimum absolute atomic E-state index is 0.477. The van der Waals surface area contributed by atoms with E-state index in [0.717, 1.165) is 64.9 Å². The zero-order valence-electron chi connectivity index (χ0n) is 15.9. The molecule has 1 fully saturated rings. The van der Waals surface area contributed by atoms with E-state index < -0.39 is 0 Å². The van der Waals surface area contributed by atoms with E-state index in [1.54, 1.807) is 6.20 Å². The maximum absolute atomic E-state index is 5.50. The summed E-state index contributed by atoms with van der Waals surface area (Å²) in [6, 6.07) is 2.42. The number of nitrogens with zero attached hydrogens (tertiary/aromatic N) is 4. The van der Waals surface area contributed by atoms with Gasteiger partial charge in [-0.2, -0.15) is 5.10 Å². The Kier molecular flexibility index (Phi) is 8.76. The SMILES string of the molecule is CCNC(=NCC(CC(C)C)N1CCOCC1)NCCn1cccn1. The van der Waals surface area contributed by atoms with Crippen LogP contribution in [0.15, 0.2) is 23.5 Å². The van der Waals surface area contributed by atoms with Gasteiger partial charge in [-0.1, -0.05) is 13.8 Å². The van der Waals surface area contributed by atoms with Gasteiger partial charge in [-0.3, -0.25) is 14.6 Å². The van der Waals surface area contributed by atoms with Crippen molar-refractivity contribution in [3.8, 4) is 0 Å². The molecule has 25 heavy (non-hydrogen) atoms. The van der Waals surface area contributed by atoms with Crippen LogP contribution in [0.2, 0.25) is 0 Å². The number of rotatable bonds is 9. The third-order valence-corrected chi connectivity index (χ3v) is 4.30. The van der Waals surface area contributed by atoms with Gasteiger partial charge in [-0.05, 0) is 25.3 Å². The first kappa shape index (κ1) is 19.7.